The van der Waals surface area contributed by atoms with Gasteiger partial charge >= 0.3 is 0 Å². The smallest absolute Gasteiger partial charge is 0.232 e. The summed E-state index contributed by atoms with van der Waals surface area (Å²) in [5.74, 6) is -0.139. The molecule has 1 aliphatic heterocycles. The van der Waals surface area contributed by atoms with E-state index in [1.165, 1.54) is 25.9 Å². The molecule has 0 aliphatic carbocycles. The zero-order valence-corrected chi connectivity index (χ0v) is 16.1. The van der Waals surface area contributed by atoms with Gasteiger partial charge in [-0.05, 0) is 56.4 Å². The Labute approximate surface area is 163 Å². The molecule has 0 aromatic heterocycles. The Morgan fingerprint density at radius 1 is 0.885 bits per heavy atom. The van der Waals surface area contributed by atoms with Crippen LogP contribution in [-0.2, 0) is 4.79 Å². The number of unbranched alkanes of at least 4 members (excludes halogenated alkanes) is 1. The highest BCUT2D eigenvalue weighted by molar-refractivity contribution is 5.87. The van der Waals surface area contributed by atoms with E-state index in [0.29, 0.717) is 0 Å². The second kappa shape index (κ2) is 11.0. The summed E-state index contributed by atoms with van der Waals surface area (Å²) in [5.41, 5.74) is 2.09. The minimum Gasteiger partial charge on any atom is -0.355 e. The highest BCUT2D eigenvalue weighted by atomic mass is 35.5. The van der Waals surface area contributed by atoms with Gasteiger partial charge in [0.05, 0.1) is 5.92 Å². The molecule has 0 bridgehead atoms. The minimum atomic E-state index is -0.235. The fourth-order valence-electron chi connectivity index (χ4n) is 3.57. The van der Waals surface area contributed by atoms with Gasteiger partial charge in [0.1, 0.15) is 0 Å². The molecule has 3 nitrogen and oxygen atoms in total. The highest BCUT2D eigenvalue weighted by Gasteiger charge is 2.22. The minimum absolute atomic E-state index is 0. The molecular formula is C22H29ClN2O. The van der Waals surface area contributed by atoms with Crippen molar-refractivity contribution in [1.82, 2.24) is 10.2 Å². The molecule has 1 saturated heterocycles. The summed E-state index contributed by atoms with van der Waals surface area (Å²) in [5, 5.41) is 3.15. The van der Waals surface area contributed by atoms with Crippen molar-refractivity contribution in [1.29, 1.82) is 0 Å². The van der Waals surface area contributed by atoms with Crippen LogP contribution in [0.5, 0.6) is 0 Å². The number of hydrogen-bond acceptors (Lipinski definition) is 2. The fourth-order valence-corrected chi connectivity index (χ4v) is 3.57. The average Bonchev–Trinajstić information content (AvgIpc) is 3.17. The molecule has 0 spiro atoms. The van der Waals surface area contributed by atoms with Crippen molar-refractivity contribution in [3.8, 4) is 0 Å². The van der Waals surface area contributed by atoms with Crippen LogP contribution in [-0.4, -0.2) is 37.0 Å². The summed E-state index contributed by atoms with van der Waals surface area (Å²) in [4.78, 5) is 15.4. The van der Waals surface area contributed by atoms with Gasteiger partial charge in [-0.15, -0.1) is 12.4 Å². The van der Waals surface area contributed by atoms with E-state index in [1.54, 1.807) is 0 Å². The normalized spacial score (nSPS) is 14.2. The number of rotatable bonds is 8. The molecule has 2 aromatic carbocycles. The molecule has 1 heterocycles. The largest absolute Gasteiger partial charge is 0.355 e. The van der Waals surface area contributed by atoms with E-state index in [2.05, 4.69) is 10.2 Å². The summed E-state index contributed by atoms with van der Waals surface area (Å²) in [6, 6.07) is 20.1. The van der Waals surface area contributed by atoms with E-state index in [0.717, 1.165) is 37.1 Å². The van der Waals surface area contributed by atoms with Crippen molar-refractivity contribution in [3.63, 3.8) is 0 Å². The first kappa shape index (κ1) is 20.5. The monoisotopic (exact) mass is 372 g/mol. The highest BCUT2D eigenvalue weighted by Crippen LogP contribution is 2.24. The molecule has 1 fully saturated rings. The third-order valence-electron chi connectivity index (χ3n) is 4.93. The third-order valence-corrected chi connectivity index (χ3v) is 4.93. The molecule has 2 aromatic rings. The molecule has 0 unspecified atom stereocenters. The van der Waals surface area contributed by atoms with Crippen LogP contribution in [0.15, 0.2) is 60.7 Å². The average molecular weight is 373 g/mol. The standard InChI is InChI=1S/C22H28N2O.ClH/c25-22(23-15-7-8-16-24-17-9-10-18-24)21(19-11-3-1-4-12-19)20-13-5-2-6-14-20;/h1-6,11-14,21H,7-10,15-18H2,(H,23,25);1H. The van der Waals surface area contributed by atoms with Crippen molar-refractivity contribution in [2.24, 2.45) is 0 Å². The van der Waals surface area contributed by atoms with E-state index in [4.69, 9.17) is 0 Å². The SMILES string of the molecule is Cl.O=C(NCCCCN1CCCC1)C(c1ccccc1)c1ccccc1. The van der Waals surface area contributed by atoms with Crippen LogP contribution >= 0.6 is 12.4 Å². The van der Waals surface area contributed by atoms with Crippen LogP contribution in [0.1, 0.15) is 42.7 Å². The van der Waals surface area contributed by atoms with Gasteiger partial charge in [0.25, 0.3) is 0 Å². The number of hydrogen-bond donors (Lipinski definition) is 1. The van der Waals surface area contributed by atoms with Crippen molar-refractivity contribution in [2.75, 3.05) is 26.2 Å². The van der Waals surface area contributed by atoms with Gasteiger partial charge in [0.15, 0.2) is 0 Å². The Kier molecular flexibility index (Phi) is 8.66. The lowest BCUT2D eigenvalue weighted by molar-refractivity contribution is -0.121. The van der Waals surface area contributed by atoms with Gasteiger partial charge < -0.3 is 10.2 Å². The second-order valence-corrected chi connectivity index (χ2v) is 6.80. The maximum Gasteiger partial charge on any atom is 0.232 e. The molecule has 3 rings (SSSR count). The number of benzene rings is 2. The first-order valence-electron chi connectivity index (χ1n) is 9.44. The maximum absolute atomic E-state index is 12.8. The Balaban J connectivity index is 0.00000243. The van der Waals surface area contributed by atoms with Gasteiger partial charge in [0, 0.05) is 6.54 Å². The topological polar surface area (TPSA) is 32.3 Å². The summed E-state index contributed by atoms with van der Waals surface area (Å²) in [7, 11) is 0. The van der Waals surface area contributed by atoms with Crippen LogP contribution in [0.3, 0.4) is 0 Å². The number of likely N-dealkylation sites (tertiary alicyclic amines) is 1. The lowest BCUT2D eigenvalue weighted by atomic mass is 9.90. The van der Waals surface area contributed by atoms with Gasteiger partial charge in [0.2, 0.25) is 5.91 Å². The molecule has 0 atom stereocenters. The predicted octanol–water partition coefficient (Wildman–Crippen LogP) is 4.23. The summed E-state index contributed by atoms with van der Waals surface area (Å²) < 4.78 is 0. The van der Waals surface area contributed by atoms with Crippen LogP contribution < -0.4 is 5.32 Å². The lowest BCUT2D eigenvalue weighted by Gasteiger charge is -2.18. The number of nitrogens with zero attached hydrogens (tertiary/aromatic N) is 1. The predicted molar refractivity (Wildman–Crippen MR) is 110 cm³/mol. The maximum atomic E-state index is 12.8. The van der Waals surface area contributed by atoms with Crippen molar-refractivity contribution >= 4 is 18.3 Å². The van der Waals surface area contributed by atoms with Gasteiger partial charge in [-0.2, -0.15) is 0 Å². The second-order valence-electron chi connectivity index (χ2n) is 6.80. The Morgan fingerprint density at radius 2 is 1.42 bits per heavy atom. The first-order valence-corrected chi connectivity index (χ1v) is 9.44. The van der Waals surface area contributed by atoms with E-state index in [1.807, 2.05) is 60.7 Å². The third kappa shape index (κ3) is 5.86. The van der Waals surface area contributed by atoms with Gasteiger partial charge in [-0.25, -0.2) is 0 Å². The Hall–Kier alpha value is -1.84. The van der Waals surface area contributed by atoms with E-state index < -0.39 is 0 Å². The zero-order valence-electron chi connectivity index (χ0n) is 15.3. The fraction of sp³-hybridized carbons (Fsp3) is 0.409. The van der Waals surface area contributed by atoms with Crippen molar-refractivity contribution in [2.45, 2.75) is 31.6 Å². The van der Waals surface area contributed by atoms with Crippen LogP contribution in [0.4, 0.5) is 0 Å². The number of carbonyl (C=O) groups excluding carboxylic acids is 1. The van der Waals surface area contributed by atoms with Crippen molar-refractivity contribution in [3.05, 3.63) is 71.8 Å². The first-order chi connectivity index (χ1) is 12.3. The molecule has 26 heavy (non-hydrogen) atoms. The van der Waals surface area contributed by atoms with Gasteiger partial charge in [-0.3, -0.25) is 4.79 Å². The Morgan fingerprint density at radius 3 is 1.96 bits per heavy atom. The molecule has 1 amide bonds. The van der Waals surface area contributed by atoms with E-state index in [9.17, 15) is 4.79 Å². The molecule has 140 valence electrons. The quantitative estimate of drug-likeness (QED) is 0.703. The number of carbonyl (C=O) groups is 1. The summed E-state index contributed by atoms with van der Waals surface area (Å²) >= 11 is 0. The van der Waals surface area contributed by atoms with E-state index >= 15 is 0 Å². The van der Waals surface area contributed by atoms with Crippen LogP contribution in [0.25, 0.3) is 0 Å². The number of halogens is 1. The Bertz CT molecular complexity index is 602. The molecular weight excluding hydrogens is 344 g/mol. The molecule has 0 radical (unpaired) electrons. The number of nitrogens with one attached hydrogen (secondary N) is 1. The molecule has 1 aliphatic rings. The van der Waals surface area contributed by atoms with Crippen molar-refractivity contribution < 1.29 is 4.79 Å². The summed E-state index contributed by atoms with van der Waals surface area (Å²) in [6.07, 6.45) is 4.87. The zero-order chi connectivity index (χ0) is 17.3. The molecule has 1 N–H and O–H groups in total. The lowest BCUT2D eigenvalue weighted by Crippen LogP contribution is -2.31. The number of amides is 1. The molecule has 4 heteroatoms. The van der Waals surface area contributed by atoms with Crippen LogP contribution in [0, 0.1) is 0 Å². The summed E-state index contributed by atoms with van der Waals surface area (Å²) in [6.45, 7) is 4.41. The van der Waals surface area contributed by atoms with Crippen LogP contribution in [0.2, 0.25) is 0 Å². The van der Waals surface area contributed by atoms with E-state index in [-0.39, 0.29) is 24.2 Å². The molecule has 0 saturated carbocycles. The van der Waals surface area contributed by atoms with Gasteiger partial charge in [-0.1, -0.05) is 60.7 Å².